The van der Waals surface area contributed by atoms with Crippen molar-refractivity contribution in [1.82, 2.24) is 10.6 Å². The molecule has 3 N–H and O–H groups in total. The van der Waals surface area contributed by atoms with Crippen LogP contribution in [0.2, 0.25) is 0 Å². The Morgan fingerprint density at radius 2 is 2.07 bits per heavy atom. The largest absolute Gasteiger partial charge is 0.389 e. The highest BCUT2D eigenvalue weighted by atomic mass is 16.3. The summed E-state index contributed by atoms with van der Waals surface area (Å²) < 4.78 is 0. The standard InChI is InChI=1S/C10H22N2O2/c1-4-5-10(3,14)8-11-6-7-12-9(2)13/h11,14H,4-8H2,1-3H3,(H,12,13). The molecule has 4 heteroatoms. The number of aliphatic hydroxyl groups is 1. The molecule has 0 saturated carbocycles. The van der Waals surface area contributed by atoms with E-state index in [0.29, 0.717) is 19.6 Å². The van der Waals surface area contributed by atoms with Gasteiger partial charge in [0.15, 0.2) is 0 Å². The summed E-state index contributed by atoms with van der Waals surface area (Å²) in [5, 5.41) is 15.6. The Balaban J connectivity index is 3.39. The molecule has 0 fully saturated rings. The van der Waals surface area contributed by atoms with Crippen molar-refractivity contribution in [2.24, 2.45) is 0 Å². The normalized spacial score (nSPS) is 14.9. The monoisotopic (exact) mass is 202 g/mol. The molecule has 0 rings (SSSR count). The van der Waals surface area contributed by atoms with Gasteiger partial charge in [-0.15, -0.1) is 0 Å². The number of carbonyl (C=O) groups excluding carboxylic acids is 1. The average Bonchev–Trinajstić information content (AvgIpc) is 2.02. The molecule has 0 aromatic rings. The summed E-state index contributed by atoms with van der Waals surface area (Å²) in [4.78, 5) is 10.5. The Labute approximate surface area is 86.1 Å². The highest BCUT2D eigenvalue weighted by Gasteiger charge is 2.17. The van der Waals surface area contributed by atoms with Gasteiger partial charge in [-0.3, -0.25) is 4.79 Å². The lowest BCUT2D eigenvalue weighted by Gasteiger charge is -2.22. The molecule has 0 radical (unpaired) electrons. The van der Waals surface area contributed by atoms with Gasteiger partial charge in [0.05, 0.1) is 5.60 Å². The quantitative estimate of drug-likeness (QED) is 0.519. The first-order valence-electron chi connectivity index (χ1n) is 5.15. The Morgan fingerprint density at radius 1 is 1.43 bits per heavy atom. The van der Waals surface area contributed by atoms with E-state index in [4.69, 9.17) is 0 Å². The smallest absolute Gasteiger partial charge is 0.216 e. The minimum atomic E-state index is -0.634. The van der Waals surface area contributed by atoms with Gasteiger partial charge in [0.2, 0.25) is 5.91 Å². The van der Waals surface area contributed by atoms with Crippen molar-refractivity contribution >= 4 is 5.91 Å². The number of amides is 1. The second-order valence-corrected chi connectivity index (χ2v) is 3.91. The Kier molecular flexibility index (Phi) is 6.49. The van der Waals surface area contributed by atoms with Crippen LogP contribution in [0.1, 0.15) is 33.6 Å². The first-order chi connectivity index (χ1) is 6.48. The summed E-state index contributed by atoms with van der Waals surface area (Å²) in [7, 11) is 0. The molecule has 1 unspecified atom stereocenters. The van der Waals surface area contributed by atoms with E-state index in [9.17, 15) is 9.90 Å². The second kappa shape index (κ2) is 6.79. The van der Waals surface area contributed by atoms with Gasteiger partial charge in [0, 0.05) is 26.6 Å². The Hall–Kier alpha value is -0.610. The van der Waals surface area contributed by atoms with E-state index in [1.54, 1.807) is 0 Å². The zero-order valence-electron chi connectivity index (χ0n) is 9.39. The summed E-state index contributed by atoms with van der Waals surface area (Å²) in [6.07, 6.45) is 1.76. The van der Waals surface area contributed by atoms with Crippen LogP contribution >= 0.6 is 0 Å². The molecule has 0 saturated heterocycles. The van der Waals surface area contributed by atoms with Crippen molar-refractivity contribution in [1.29, 1.82) is 0 Å². The molecule has 14 heavy (non-hydrogen) atoms. The second-order valence-electron chi connectivity index (χ2n) is 3.91. The highest BCUT2D eigenvalue weighted by molar-refractivity contribution is 5.72. The van der Waals surface area contributed by atoms with Gasteiger partial charge in [-0.05, 0) is 13.3 Å². The van der Waals surface area contributed by atoms with Gasteiger partial charge in [0.1, 0.15) is 0 Å². The maximum Gasteiger partial charge on any atom is 0.216 e. The molecule has 0 aliphatic rings. The molecule has 0 heterocycles. The fourth-order valence-corrected chi connectivity index (χ4v) is 1.31. The van der Waals surface area contributed by atoms with E-state index in [1.165, 1.54) is 6.92 Å². The molecule has 1 amide bonds. The molecule has 1 atom stereocenters. The number of hydrogen-bond acceptors (Lipinski definition) is 3. The van der Waals surface area contributed by atoms with Crippen LogP contribution in [0.25, 0.3) is 0 Å². The van der Waals surface area contributed by atoms with E-state index in [-0.39, 0.29) is 5.91 Å². The van der Waals surface area contributed by atoms with Gasteiger partial charge < -0.3 is 15.7 Å². The zero-order valence-corrected chi connectivity index (χ0v) is 9.39. The topological polar surface area (TPSA) is 61.4 Å². The predicted octanol–water partition coefficient (Wildman–Crippen LogP) is 0.263. The van der Waals surface area contributed by atoms with Crippen molar-refractivity contribution in [3.8, 4) is 0 Å². The van der Waals surface area contributed by atoms with Gasteiger partial charge in [-0.2, -0.15) is 0 Å². The van der Waals surface area contributed by atoms with Crippen LogP contribution in [0, 0.1) is 0 Å². The van der Waals surface area contributed by atoms with Crippen LogP contribution in [0.5, 0.6) is 0 Å². The van der Waals surface area contributed by atoms with Crippen molar-refractivity contribution in [2.75, 3.05) is 19.6 Å². The minimum absolute atomic E-state index is 0.0212. The minimum Gasteiger partial charge on any atom is -0.389 e. The molecule has 0 aliphatic carbocycles. The summed E-state index contributed by atoms with van der Waals surface area (Å²) in [6, 6.07) is 0. The maximum absolute atomic E-state index is 10.5. The third-order valence-corrected chi connectivity index (χ3v) is 1.97. The highest BCUT2D eigenvalue weighted by Crippen LogP contribution is 2.09. The molecule has 84 valence electrons. The number of rotatable bonds is 7. The Bertz CT molecular complexity index is 170. The average molecular weight is 202 g/mol. The first kappa shape index (κ1) is 13.4. The third kappa shape index (κ3) is 8.01. The summed E-state index contributed by atoms with van der Waals surface area (Å²) in [6.45, 7) is 7.23. The first-order valence-corrected chi connectivity index (χ1v) is 5.15. The van der Waals surface area contributed by atoms with Crippen LogP contribution in [0.3, 0.4) is 0 Å². The molecule has 0 aliphatic heterocycles. The lowest BCUT2D eigenvalue weighted by Crippen LogP contribution is -2.40. The zero-order chi connectivity index (χ0) is 11.0. The van der Waals surface area contributed by atoms with E-state index < -0.39 is 5.60 Å². The lowest BCUT2D eigenvalue weighted by atomic mass is 10.0. The van der Waals surface area contributed by atoms with E-state index >= 15 is 0 Å². The van der Waals surface area contributed by atoms with Crippen molar-refractivity contribution in [2.45, 2.75) is 39.2 Å². The molecular formula is C10H22N2O2. The van der Waals surface area contributed by atoms with E-state index in [0.717, 1.165) is 12.8 Å². The summed E-state index contributed by atoms with van der Waals surface area (Å²) >= 11 is 0. The molecule has 4 nitrogen and oxygen atoms in total. The number of hydrogen-bond donors (Lipinski definition) is 3. The Morgan fingerprint density at radius 3 is 2.57 bits per heavy atom. The van der Waals surface area contributed by atoms with Crippen molar-refractivity contribution in [3.63, 3.8) is 0 Å². The fourth-order valence-electron chi connectivity index (χ4n) is 1.31. The van der Waals surface area contributed by atoms with Gasteiger partial charge in [0.25, 0.3) is 0 Å². The summed E-state index contributed by atoms with van der Waals surface area (Å²) in [5.41, 5.74) is -0.634. The van der Waals surface area contributed by atoms with Crippen LogP contribution in [0.4, 0.5) is 0 Å². The lowest BCUT2D eigenvalue weighted by molar-refractivity contribution is -0.118. The predicted molar refractivity (Wildman–Crippen MR) is 57.1 cm³/mol. The van der Waals surface area contributed by atoms with Gasteiger partial charge in [-0.1, -0.05) is 13.3 Å². The summed E-state index contributed by atoms with van der Waals surface area (Å²) in [5.74, 6) is -0.0212. The van der Waals surface area contributed by atoms with E-state index in [1.807, 2.05) is 13.8 Å². The molecule has 0 aromatic heterocycles. The van der Waals surface area contributed by atoms with Gasteiger partial charge in [-0.25, -0.2) is 0 Å². The van der Waals surface area contributed by atoms with Crippen LogP contribution in [0.15, 0.2) is 0 Å². The maximum atomic E-state index is 10.5. The fraction of sp³-hybridized carbons (Fsp3) is 0.900. The molecule has 0 aromatic carbocycles. The van der Waals surface area contributed by atoms with Crippen LogP contribution in [-0.4, -0.2) is 36.2 Å². The SMILES string of the molecule is CCCC(C)(O)CNCCNC(C)=O. The van der Waals surface area contributed by atoms with E-state index in [2.05, 4.69) is 10.6 Å². The van der Waals surface area contributed by atoms with Crippen molar-refractivity contribution < 1.29 is 9.90 Å². The molecular weight excluding hydrogens is 180 g/mol. The molecule has 0 bridgehead atoms. The van der Waals surface area contributed by atoms with Crippen molar-refractivity contribution in [3.05, 3.63) is 0 Å². The number of carbonyl (C=O) groups is 1. The molecule has 0 spiro atoms. The van der Waals surface area contributed by atoms with Crippen LogP contribution in [-0.2, 0) is 4.79 Å². The third-order valence-electron chi connectivity index (χ3n) is 1.97. The number of nitrogens with one attached hydrogen (secondary N) is 2. The van der Waals surface area contributed by atoms with Gasteiger partial charge >= 0.3 is 0 Å². The van der Waals surface area contributed by atoms with Crippen LogP contribution < -0.4 is 10.6 Å².